The van der Waals surface area contributed by atoms with Crippen molar-refractivity contribution >= 4 is 22.7 Å². The molecule has 0 saturated heterocycles. The van der Waals surface area contributed by atoms with E-state index in [1.54, 1.807) is 23.1 Å². The summed E-state index contributed by atoms with van der Waals surface area (Å²) in [6.07, 6.45) is 8.36. The SMILES string of the molecule is Cn1cc(-c2cnc3ccc(N=C(N)/C=C\N)nc3c2)cn1. The van der Waals surface area contributed by atoms with Gasteiger partial charge in [0.2, 0.25) is 0 Å². The molecule has 7 heteroatoms. The monoisotopic (exact) mass is 293 g/mol. The molecule has 0 unspecified atom stereocenters. The Labute approximate surface area is 127 Å². The zero-order valence-corrected chi connectivity index (χ0v) is 12.0. The fourth-order valence-corrected chi connectivity index (χ4v) is 2.05. The first-order chi connectivity index (χ1) is 10.7. The van der Waals surface area contributed by atoms with E-state index in [1.807, 2.05) is 25.4 Å². The minimum Gasteiger partial charge on any atom is -0.404 e. The molecule has 0 atom stereocenters. The second kappa shape index (κ2) is 5.65. The Morgan fingerprint density at radius 1 is 1.23 bits per heavy atom. The van der Waals surface area contributed by atoms with Gasteiger partial charge in [-0.3, -0.25) is 9.67 Å². The van der Waals surface area contributed by atoms with Gasteiger partial charge in [-0.05, 0) is 30.5 Å². The van der Waals surface area contributed by atoms with Crippen LogP contribution >= 0.6 is 0 Å². The molecular weight excluding hydrogens is 278 g/mol. The van der Waals surface area contributed by atoms with Crippen LogP contribution in [-0.2, 0) is 7.05 Å². The maximum Gasteiger partial charge on any atom is 0.155 e. The highest BCUT2D eigenvalue weighted by Crippen LogP contribution is 2.22. The molecule has 3 aromatic heterocycles. The van der Waals surface area contributed by atoms with Crippen LogP contribution in [-0.4, -0.2) is 25.6 Å². The molecule has 0 aromatic carbocycles. The molecule has 0 spiro atoms. The van der Waals surface area contributed by atoms with Crippen LogP contribution in [0, 0.1) is 0 Å². The van der Waals surface area contributed by atoms with Crippen molar-refractivity contribution in [2.24, 2.45) is 23.5 Å². The van der Waals surface area contributed by atoms with Crippen LogP contribution < -0.4 is 11.5 Å². The second-order valence-electron chi connectivity index (χ2n) is 4.73. The van der Waals surface area contributed by atoms with Crippen LogP contribution in [0.5, 0.6) is 0 Å². The second-order valence-corrected chi connectivity index (χ2v) is 4.73. The summed E-state index contributed by atoms with van der Waals surface area (Å²) in [5.41, 5.74) is 14.4. The summed E-state index contributed by atoms with van der Waals surface area (Å²) in [7, 11) is 1.87. The summed E-state index contributed by atoms with van der Waals surface area (Å²) in [6, 6.07) is 5.57. The summed E-state index contributed by atoms with van der Waals surface area (Å²) >= 11 is 0. The molecule has 0 aliphatic rings. The summed E-state index contributed by atoms with van der Waals surface area (Å²) in [6.45, 7) is 0. The van der Waals surface area contributed by atoms with Crippen LogP contribution in [0.25, 0.3) is 22.2 Å². The van der Waals surface area contributed by atoms with Gasteiger partial charge in [-0.1, -0.05) is 0 Å². The van der Waals surface area contributed by atoms with Gasteiger partial charge >= 0.3 is 0 Å². The molecule has 0 amide bonds. The van der Waals surface area contributed by atoms with Gasteiger partial charge in [-0.25, -0.2) is 9.98 Å². The Bertz CT molecular complexity index is 876. The van der Waals surface area contributed by atoms with Gasteiger partial charge in [-0.2, -0.15) is 5.10 Å². The summed E-state index contributed by atoms with van der Waals surface area (Å²) in [5.74, 6) is 0.805. The third-order valence-electron chi connectivity index (χ3n) is 3.07. The van der Waals surface area contributed by atoms with Crippen molar-refractivity contribution < 1.29 is 0 Å². The molecule has 0 radical (unpaired) electrons. The lowest BCUT2D eigenvalue weighted by Crippen LogP contribution is -2.07. The molecule has 110 valence electrons. The Morgan fingerprint density at radius 3 is 2.82 bits per heavy atom. The van der Waals surface area contributed by atoms with Crippen LogP contribution in [0.4, 0.5) is 5.82 Å². The third kappa shape index (κ3) is 2.78. The first kappa shape index (κ1) is 13.7. The van der Waals surface area contributed by atoms with E-state index >= 15 is 0 Å². The first-order valence-corrected chi connectivity index (χ1v) is 6.64. The van der Waals surface area contributed by atoms with Gasteiger partial charge in [0, 0.05) is 30.6 Å². The number of nitrogens with two attached hydrogens (primary N) is 2. The highest BCUT2D eigenvalue weighted by molar-refractivity contribution is 5.93. The Morgan fingerprint density at radius 2 is 2.09 bits per heavy atom. The Kier molecular flexibility index (Phi) is 3.53. The van der Waals surface area contributed by atoms with Gasteiger partial charge in [0.25, 0.3) is 0 Å². The lowest BCUT2D eigenvalue weighted by atomic mass is 10.1. The third-order valence-corrected chi connectivity index (χ3v) is 3.07. The standard InChI is InChI=1S/C15H15N7/c1-22-9-11(8-19-22)10-6-13-12(18-7-10)2-3-15(20-13)21-14(17)4-5-16/h2-9H,16H2,1H3,(H2,17,20,21)/b5-4-. The van der Waals surface area contributed by atoms with Crippen LogP contribution in [0.2, 0.25) is 0 Å². The number of aromatic nitrogens is 4. The molecule has 7 nitrogen and oxygen atoms in total. The van der Waals surface area contributed by atoms with Crippen molar-refractivity contribution in [1.29, 1.82) is 0 Å². The van der Waals surface area contributed by atoms with Crippen molar-refractivity contribution in [3.8, 4) is 11.1 Å². The molecule has 0 aliphatic heterocycles. The van der Waals surface area contributed by atoms with Crippen molar-refractivity contribution in [3.63, 3.8) is 0 Å². The number of nitrogens with zero attached hydrogens (tertiary/aromatic N) is 5. The van der Waals surface area contributed by atoms with Crippen LogP contribution in [0.3, 0.4) is 0 Å². The van der Waals surface area contributed by atoms with Crippen molar-refractivity contribution in [3.05, 3.63) is 49.1 Å². The van der Waals surface area contributed by atoms with Crippen molar-refractivity contribution in [2.75, 3.05) is 0 Å². The smallest absolute Gasteiger partial charge is 0.155 e. The predicted octanol–water partition coefficient (Wildman–Crippen LogP) is 1.49. The molecule has 0 saturated carbocycles. The van der Waals surface area contributed by atoms with E-state index in [4.69, 9.17) is 11.5 Å². The lowest BCUT2D eigenvalue weighted by molar-refractivity contribution is 0.768. The van der Waals surface area contributed by atoms with Gasteiger partial charge < -0.3 is 11.5 Å². The van der Waals surface area contributed by atoms with E-state index in [0.29, 0.717) is 11.7 Å². The largest absolute Gasteiger partial charge is 0.404 e. The molecule has 0 fully saturated rings. The highest BCUT2D eigenvalue weighted by atomic mass is 15.2. The molecule has 4 N–H and O–H groups in total. The van der Waals surface area contributed by atoms with Crippen molar-refractivity contribution in [1.82, 2.24) is 19.7 Å². The molecule has 3 aromatic rings. The lowest BCUT2D eigenvalue weighted by Gasteiger charge is -2.02. The zero-order valence-electron chi connectivity index (χ0n) is 12.0. The predicted molar refractivity (Wildman–Crippen MR) is 86.3 cm³/mol. The number of pyridine rings is 2. The maximum absolute atomic E-state index is 5.70. The number of hydrogen-bond donors (Lipinski definition) is 2. The molecule has 3 heterocycles. The number of aliphatic imine (C=N–C) groups is 1. The number of fused-ring (bicyclic) bond motifs is 1. The van der Waals surface area contributed by atoms with E-state index < -0.39 is 0 Å². The number of hydrogen-bond acceptors (Lipinski definition) is 5. The van der Waals surface area contributed by atoms with Gasteiger partial charge in [0.1, 0.15) is 5.84 Å². The van der Waals surface area contributed by atoms with Gasteiger partial charge in [-0.15, -0.1) is 0 Å². The van der Waals surface area contributed by atoms with Gasteiger partial charge in [0.05, 0.1) is 17.2 Å². The van der Waals surface area contributed by atoms with E-state index in [2.05, 4.69) is 20.1 Å². The molecule has 3 rings (SSSR count). The van der Waals surface area contributed by atoms with Gasteiger partial charge in [0.15, 0.2) is 5.82 Å². The fraction of sp³-hybridized carbons (Fsp3) is 0.0667. The fourth-order valence-electron chi connectivity index (χ4n) is 2.05. The van der Waals surface area contributed by atoms with Crippen LogP contribution in [0.15, 0.2) is 54.1 Å². The van der Waals surface area contributed by atoms with Crippen molar-refractivity contribution in [2.45, 2.75) is 0 Å². The average molecular weight is 293 g/mol. The Hall–Kier alpha value is -3.22. The quantitative estimate of drug-likeness (QED) is 0.562. The molecule has 0 aliphatic carbocycles. The summed E-state index contributed by atoms with van der Waals surface area (Å²) in [4.78, 5) is 13.0. The molecule has 0 bridgehead atoms. The summed E-state index contributed by atoms with van der Waals surface area (Å²) < 4.78 is 1.74. The zero-order chi connectivity index (χ0) is 15.5. The minimum absolute atomic E-state index is 0.297. The maximum atomic E-state index is 5.70. The molecule has 22 heavy (non-hydrogen) atoms. The highest BCUT2D eigenvalue weighted by Gasteiger charge is 2.05. The number of amidine groups is 1. The van der Waals surface area contributed by atoms with E-state index in [-0.39, 0.29) is 0 Å². The minimum atomic E-state index is 0.297. The normalized spacial score (nSPS) is 12.3. The topological polar surface area (TPSA) is 108 Å². The molecular formula is C15H15N7. The van der Waals surface area contributed by atoms with Crippen LogP contribution in [0.1, 0.15) is 0 Å². The number of rotatable bonds is 3. The van der Waals surface area contributed by atoms with E-state index in [1.165, 1.54) is 12.3 Å². The van der Waals surface area contributed by atoms with E-state index in [0.717, 1.165) is 22.2 Å². The Balaban J connectivity index is 2.05. The first-order valence-electron chi connectivity index (χ1n) is 6.64. The summed E-state index contributed by atoms with van der Waals surface area (Å²) in [5, 5.41) is 4.16. The average Bonchev–Trinajstić information content (AvgIpc) is 2.93. The van der Waals surface area contributed by atoms with E-state index in [9.17, 15) is 0 Å². The number of aryl methyl sites for hydroxylation is 1.